The lowest BCUT2D eigenvalue weighted by Gasteiger charge is -2.28. The van der Waals surface area contributed by atoms with Crippen molar-refractivity contribution in [1.29, 1.82) is 0 Å². The summed E-state index contributed by atoms with van der Waals surface area (Å²) >= 11 is 0. The highest BCUT2D eigenvalue weighted by molar-refractivity contribution is 5.51. The summed E-state index contributed by atoms with van der Waals surface area (Å²) in [4.78, 5) is 4.68. The standard InChI is InChI=1S/C18H22N2O2/c1-4-22-17-11-14-13(10-16(17)21-3)8-9-19-18(14)15-7-5-6-12(2)20-15/h5-7,10-11,18-19H,4,8-9H2,1-3H3. The van der Waals surface area contributed by atoms with E-state index >= 15 is 0 Å². The van der Waals surface area contributed by atoms with E-state index in [0.29, 0.717) is 6.61 Å². The summed E-state index contributed by atoms with van der Waals surface area (Å²) in [5, 5.41) is 3.57. The van der Waals surface area contributed by atoms with Gasteiger partial charge >= 0.3 is 0 Å². The van der Waals surface area contributed by atoms with Gasteiger partial charge in [-0.3, -0.25) is 4.98 Å². The second kappa shape index (κ2) is 6.36. The predicted octanol–water partition coefficient (Wildman–Crippen LogP) is 3.03. The Morgan fingerprint density at radius 2 is 2.14 bits per heavy atom. The van der Waals surface area contributed by atoms with E-state index in [2.05, 4.69) is 34.6 Å². The topological polar surface area (TPSA) is 43.4 Å². The molecule has 0 spiro atoms. The van der Waals surface area contributed by atoms with Gasteiger partial charge in [-0.15, -0.1) is 0 Å². The Morgan fingerprint density at radius 3 is 2.86 bits per heavy atom. The molecule has 1 atom stereocenters. The van der Waals surface area contributed by atoms with Crippen LogP contribution in [0, 0.1) is 6.92 Å². The van der Waals surface area contributed by atoms with E-state index in [1.807, 2.05) is 19.9 Å². The number of aromatic nitrogens is 1. The Labute approximate surface area is 131 Å². The Balaban J connectivity index is 2.06. The zero-order valence-electron chi connectivity index (χ0n) is 13.3. The first-order valence-electron chi connectivity index (χ1n) is 7.73. The second-order valence-electron chi connectivity index (χ2n) is 5.48. The SMILES string of the molecule is CCOc1cc2c(cc1OC)CCNC2c1cccc(C)n1. The minimum atomic E-state index is 0.105. The molecule has 2 heterocycles. The fraction of sp³-hybridized carbons (Fsp3) is 0.389. The maximum Gasteiger partial charge on any atom is 0.161 e. The molecule has 1 unspecified atom stereocenters. The van der Waals surface area contributed by atoms with Crippen molar-refractivity contribution >= 4 is 0 Å². The molecule has 22 heavy (non-hydrogen) atoms. The van der Waals surface area contributed by atoms with Crippen LogP contribution in [0.1, 0.15) is 35.5 Å². The van der Waals surface area contributed by atoms with Gasteiger partial charge in [0.15, 0.2) is 11.5 Å². The highest BCUT2D eigenvalue weighted by Crippen LogP contribution is 2.37. The molecule has 1 aromatic heterocycles. The lowest BCUT2D eigenvalue weighted by molar-refractivity contribution is 0.309. The molecule has 0 saturated heterocycles. The van der Waals surface area contributed by atoms with E-state index in [9.17, 15) is 0 Å². The maximum atomic E-state index is 5.73. The van der Waals surface area contributed by atoms with Crippen LogP contribution < -0.4 is 14.8 Å². The average Bonchev–Trinajstić information content (AvgIpc) is 2.54. The normalized spacial score (nSPS) is 17.0. The minimum Gasteiger partial charge on any atom is -0.493 e. The third-order valence-electron chi connectivity index (χ3n) is 3.98. The van der Waals surface area contributed by atoms with Crippen molar-refractivity contribution in [2.45, 2.75) is 26.3 Å². The van der Waals surface area contributed by atoms with Gasteiger partial charge in [0, 0.05) is 12.2 Å². The van der Waals surface area contributed by atoms with Crippen LogP contribution >= 0.6 is 0 Å². The summed E-state index contributed by atoms with van der Waals surface area (Å²) < 4.78 is 11.2. The van der Waals surface area contributed by atoms with Crippen molar-refractivity contribution < 1.29 is 9.47 Å². The van der Waals surface area contributed by atoms with E-state index in [1.165, 1.54) is 11.1 Å². The first-order valence-corrected chi connectivity index (χ1v) is 7.73. The highest BCUT2D eigenvalue weighted by atomic mass is 16.5. The summed E-state index contributed by atoms with van der Waals surface area (Å²) in [6.45, 7) is 5.56. The third kappa shape index (κ3) is 2.79. The molecule has 4 nitrogen and oxygen atoms in total. The van der Waals surface area contributed by atoms with Crippen LogP contribution in [0.25, 0.3) is 0 Å². The van der Waals surface area contributed by atoms with Crippen LogP contribution in [0.3, 0.4) is 0 Å². The first-order chi connectivity index (χ1) is 10.7. The Morgan fingerprint density at radius 1 is 1.27 bits per heavy atom. The summed E-state index contributed by atoms with van der Waals surface area (Å²) in [6.07, 6.45) is 0.987. The Kier molecular flexibility index (Phi) is 4.29. The molecule has 116 valence electrons. The van der Waals surface area contributed by atoms with Gasteiger partial charge in [-0.2, -0.15) is 0 Å². The van der Waals surface area contributed by atoms with Crippen LogP contribution in [0.5, 0.6) is 11.5 Å². The van der Waals surface area contributed by atoms with Crippen LogP contribution in [0.4, 0.5) is 0 Å². The first kappa shape index (κ1) is 14.9. The maximum absolute atomic E-state index is 5.73. The summed E-state index contributed by atoms with van der Waals surface area (Å²) in [7, 11) is 1.69. The van der Waals surface area contributed by atoms with Crippen LogP contribution in [0.15, 0.2) is 30.3 Å². The molecule has 4 heteroatoms. The van der Waals surface area contributed by atoms with E-state index in [1.54, 1.807) is 7.11 Å². The number of fused-ring (bicyclic) bond motifs is 1. The molecule has 0 saturated carbocycles. The lowest BCUT2D eigenvalue weighted by Crippen LogP contribution is -2.31. The number of pyridine rings is 1. The number of hydrogen-bond donors (Lipinski definition) is 1. The third-order valence-corrected chi connectivity index (χ3v) is 3.98. The molecule has 1 N–H and O–H groups in total. The molecule has 1 aliphatic rings. The zero-order valence-corrected chi connectivity index (χ0v) is 13.3. The van der Waals surface area contributed by atoms with Crippen LogP contribution in [-0.4, -0.2) is 25.2 Å². The van der Waals surface area contributed by atoms with Gasteiger partial charge in [0.25, 0.3) is 0 Å². The van der Waals surface area contributed by atoms with Crippen molar-refractivity contribution in [3.8, 4) is 11.5 Å². The van der Waals surface area contributed by atoms with Crippen molar-refractivity contribution in [3.05, 3.63) is 52.8 Å². The molecular weight excluding hydrogens is 276 g/mol. The summed E-state index contributed by atoms with van der Waals surface area (Å²) in [6, 6.07) is 10.5. The van der Waals surface area contributed by atoms with Gasteiger partial charge < -0.3 is 14.8 Å². The average molecular weight is 298 g/mol. The molecule has 0 fully saturated rings. The number of methoxy groups -OCH3 is 1. The zero-order chi connectivity index (χ0) is 15.5. The molecule has 2 aromatic rings. The van der Waals surface area contributed by atoms with Crippen molar-refractivity contribution in [2.75, 3.05) is 20.3 Å². The van der Waals surface area contributed by atoms with Gasteiger partial charge in [0.2, 0.25) is 0 Å². The molecule has 1 aromatic carbocycles. The van der Waals surface area contributed by atoms with Gasteiger partial charge in [-0.05, 0) is 55.7 Å². The van der Waals surface area contributed by atoms with Crippen LogP contribution in [-0.2, 0) is 6.42 Å². The molecule has 3 rings (SSSR count). The van der Waals surface area contributed by atoms with E-state index in [-0.39, 0.29) is 6.04 Å². The molecular formula is C18H22N2O2. The number of rotatable bonds is 4. The number of aryl methyl sites for hydroxylation is 1. The van der Waals surface area contributed by atoms with E-state index < -0.39 is 0 Å². The van der Waals surface area contributed by atoms with Gasteiger partial charge in [0.1, 0.15) is 0 Å². The number of nitrogens with zero attached hydrogens (tertiary/aromatic N) is 1. The smallest absolute Gasteiger partial charge is 0.161 e. The molecule has 1 aliphatic heterocycles. The monoisotopic (exact) mass is 298 g/mol. The number of benzene rings is 1. The van der Waals surface area contributed by atoms with E-state index in [4.69, 9.17) is 9.47 Å². The molecule has 0 bridgehead atoms. The molecule has 0 radical (unpaired) electrons. The lowest BCUT2D eigenvalue weighted by atomic mass is 9.91. The Hall–Kier alpha value is -2.07. The quantitative estimate of drug-likeness (QED) is 0.942. The minimum absolute atomic E-state index is 0.105. The number of hydrogen-bond acceptors (Lipinski definition) is 4. The molecule has 0 aliphatic carbocycles. The van der Waals surface area contributed by atoms with Crippen LogP contribution in [0.2, 0.25) is 0 Å². The predicted molar refractivity (Wildman–Crippen MR) is 86.7 cm³/mol. The molecule has 0 amide bonds. The van der Waals surface area contributed by atoms with Crippen molar-refractivity contribution in [2.24, 2.45) is 0 Å². The van der Waals surface area contributed by atoms with Gasteiger partial charge in [-0.1, -0.05) is 6.07 Å². The second-order valence-corrected chi connectivity index (χ2v) is 5.48. The van der Waals surface area contributed by atoms with Gasteiger partial charge in [0.05, 0.1) is 25.5 Å². The fourth-order valence-electron chi connectivity index (χ4n) is 2.98. The number of nitrogens with one attached hydrogen (secondary N) is 1. The van der Waals surface area contributed by atoms with Gasteiger partial charge in [-0.25, -0.2) is 0 Å². The summed E-state index contributed by atoms with van der Waals surface area (Å²) in [5.74, 6) is 1.60. The highest BCUT2D eigenvalue weighted by Gasteiger charge is 2.24. The Bertz CT molecular complexity index is 670. The number of ether oxygens (including phenoxy) is 2. The van der Waals surface area contributed by atoms with E-state index in [0.717, 1.165) is 35.9 Å². The van der Waals surface area contributed by atoms with Crippen molar-refractivity contribution in [1.82, 2.24) is 10.3 Å². The largest absolute Gasteiger partial charge is 0.493 e. The summed E-state index contributed by atoms with van der Waals surface area (Å²) in [5.41, 5.74) is 4.61. The fourth-order valence-corrected chi connectivity index (χ4v) is 2.98. The van der Waals surface area contributed by atoms with Crippen molar-refractivity contribution in [3.63, 3.8) is 0 Å².